The van der Waals surface area contributed by atoms with Gasteiger partial charge in [-0.1, -0.05) is 4.49 Å². The minimum atomic E-state index is 0.403. The first-order valence-electron chi connectivity index (χ1n) is 4.10. The van der Waals surface area contributed by atoms with Crippen molar-refractivity contribution in [2.45, 2.75) is 26.2 Å². The molecule has 1 aromatic heterocycles. The van der Waals surface area contributed by atoms with Crippen LogP contribution in [0, 0.1) is 12.3 Å². The molecule has 1 fully saturated rings. The number of aryl methyl sites for hydroxylation is 1. The Bertz CT molecular complexity index is 280. The standard InChI is InChI=1S/C8H11ClN2S/c1-6-7(12-11-10-6)4-8(5-9)2-3-8/h2-5H2,1H3. The Morgan fingerprint density at radius 1 is 1.58 bits per heavy atom. The maximum absolute atomic E-state index is 5.89. The van der Waals surface area contributed by atoms with Gasteiger partial charge in [-0.05, 0) is 43.1 Å². The van der Waals surface area contributed by atoms with Crippen molar-refractivity contribution in [2.24, 2.45) is 5.41 Å². The first-order chi connectivity index (χ1) is 5.76. The molecule has 0 amide bonds. The summed E-state index contributed by atoms with van der Waals surface area (Å²) in [6.45, 7) is 2.02. The SMILES string of the molecule is Cc1nnsc1CC1(CCl)CC1. The van der Waals surface area contributed by atoms with Crippen LogP contribution in [0.5, 0.6) is 0 Å². The fraction of sp³-hybridized carbons (Fsp3) is 0.750. The second-order valence-corrected chi connectivity index (χ2v) is 4.70. The summed E-state index contributed by atoms with van der Waals surface area (Å²) in [7, 11) is 0. The molecule has 2 nitrogen and oxygen atoms in total. The second kappa shape index (κ2) is 2.96. The first-order valence-corrected chi connectivity index (χ1v) is 5.40. The van der Waals surface area contributed by atoms with Crippen LogP contribution in [0.25, 0.3) is 0 Å². The number of hydrogen-bond acceptors (Lipinski definition) is 3. The summed E-state index contributed by atoms with van der Waals surface area (Å²) in [5.74, 6) is 0.782. The fourth-order valence-electron chi connectivity index (χ4n) is 1.29. The predicted octanol–water partition coefficient (Wildman–Crippen LogP) is 2.41. The number of alkyl halides is 1. The molecule has 1 saturated carbocycles. The van der Waals surface area contributed by atoms with Gasteiger partial charge in [0.05, 0.1) is 5.69 Å². The molecule has 1 heterocycles. The summed E-state index contributed by atoms with van der Waals surface area (Å²) in [5.41, 5.74) is 1.48. The van der Waals surface area contributed by atoms with Gasteiger partial charge >= 0.3 is 0 Å². The highest BCUT2D eigenvalue weighted by Crippen LogP contribution is 2.49. The van der Waals surface area contributed by atoms with E-state index in [0.29, 0.717) is 5.41 Å². The van der Waals surface area contributed by atoms with Crippen molar-refractivity contribution < 1.29 is 0 Å². The molecule has 0 spiro atoms. The molecule has 66 valence electrons. The monoisotopic (exact) mass is 202 g/mol. The van der Waals surface area contributed by atoms with E-state index < -0.39 is 0 Å². The van der Waals surface area contributed by atoms with E-state index in [0.717, 1.165) is 18.0 Å². The maximum atomic E-state index is 5.89. The molecule has 0 radical (unpaired) electrons. The van der Waals surface area contributed by atoms with Crippen molar-refractivity contribution in [3.8, 4) is 0 Å². The highest BCUT2D eigenvalue weighted by Gasteiger charge is 2.42. The maximum Gasteiger partial charge on any atom is 0.0756 e. The van der Waals surface area contributed by atoms with E-state index in [1.54, 1.807) is 0 Å². The summed E-state index contributed by atoms with van der Waals surface area (Å²) in [5, 5.41) is 3.99. The average Bonchev–Trinajstić information content (AvgIpc) is 2.74. The van der Waals surface area contributed by atoms with Crippen molar-refractivity contribution in [1.82, 2.24) is 9.59 Å². The minimum absolute atomic E-state index is 0.403. The molecular weight excluding hydrogens is 192 g/mol. The highest BCUT2D eigenvalue weighted by molar-refractivity contribution is 7.05. The van der Waals surface area contributed by atoms with Crippen molar-refractivity contribution in [2.75, 3.05) is 5.88 Å². The molecule has 0 saturated heterocycles. The van der Waals surface area contributed by atoms with Crippen LogP contribution in [0.3, 0.4) is 0 Å². The Morgan fingerprint density at radius 3 is 2.75 bits per heavy atom. The quantitative estimate of drug-likeness (QED) is 0.704. The third kappa shape index (κ3) is 1.48. The largest absolute Gasteiger partial charge is 0.143 e. The second-order valence-electron chi connectivity index (χ2n) is 3.59. The average molecular weight is 203 g/mol. The summed E-state index contributed by atoms with van der Waals surface area (Å²) >= 11 is 7.40. The van der Waals surface area contributed by atoms with Crippen LogP contribution in [0.1, 0.15) is 23.4 Å². The van der Waals surface area contributed by atoms with E-state index in [1.165, 1.54) is 29.3 Å². The van der Waals surface area contributed by atoms with Crippen LogP contribution in [0.4, 0.5) is 0 Å². The summed E-state index contributed by atoms with van der Waals surface area (Å²) < 4.78 is 3.92. The van der Waals surface area contributed by atoms with Crippen molar-refractivity contribution in [1.29, 1.82) is 0 Å². The Hall–Kier alpha value is -0.150. The summed E-state index contributed by atoms with van der Waals surface area (Å²) in [4.78, 5) is 1.31. The molecule has 12 heavy (non-hydrogen) atoms. The van der Waals surface area contributed by atoms with E-state index in [-0.39, 0.29) is 0 Å². The number of halogens is 1. The molecule has 0 unspecified atom stereocenters. The van der Waals surface area contributed by atoms with Crippen LogP contribution in [0.2, 0.25) is 0 Å². The smallest absolute Gasteiger partial charge is 0.0756 e. The van der Waals surface area contributed by atoms with Gasteiger partial charge in [0, 0.05) is 10.8 Å². The lowest BCUT2D eigenvalue weighted by Gasteiger charge is -2.07. The van der Waals surface area contributed by atoms with Crippen LogP contribution in [-0.4, -0.2) is 15.5 Å². The zero-order chi connectivity index (χ0) is 8.60. The normalized spacial score (nSPS) is 19.5. The number of hydrogen-bond donors (Lipinski definition) is 0. The lowest BCUT2D eigenvalue weighted by Crippen LogP contribution is -2.06. The summed E-state index contributed by atoms with van der Waals surface area (Å²) in [6, 6.07) is 0. The van der Waals surface area contributed by atoms with Gasteiger partial charge in [0.25, 0.3) is 0 Å². The molecular formula is C8H11ClN2S. The molecule has 0 atom stereocenters. The lowest BCUT2D eigenvalue weighted by atomic mass is 10.0. The Balaban J connectivity index is 2.08. The van der Waals surface area contributed by atoms with Crippen LogP contribution in [-0.2, 0) is 6.42 Å². The van der Waals surface area contributed by atoms with Crippen LogP contribution < -0.4 is 0 Å². The first kappa shape index (κ1) is 8.45. The molecule has 1 aliphatic rings. The van der Waals surface area contributed by atoms with E-state index in [1.807, 2.05) is 6.92 Å². The Morgan fingerprint density at radius 2 is 2.33 bits per heavy atom. The predicted molar refractivity (Wildman–Crippen MR) is 50.7 cm³/mol. The summed E-state index contributed by atoms with van der Waals surface area (Å²) in [6.07, 6.45) is 3.63. The van der Waals surface area contributed by atoms with Gasteiger partial charge in [-0.15, -0.1) is 16.7 Å². The molecule has 4 heteroatoms. The third-order valence-corrected chi connectivity index (χ3v) is 3.91. The van der Waals surface area contributed by atoms with E-state index in [4.69, 9.17) is 11.6 Å². The van der Waals surface area contributed by atoms with Crippen LogP contribution in [0.15, 0.2) is 0 Å². The van der Waals surface area contributed by atoms with Gasteiger partial charge in [0.15, 0.2) is 0 Å². The van der Waals surface area contributed by atoms with Gasteiger partial charge in [0.1, 0.15) is 0 Å². The minimum Gasteiger partial charge on any atom is -0.143 e. The Kier molecular flexibility index (Phi) is 2.09. The Labute approximate surface area is 81.1 Å². The van der Waals surface area contributed by atoms with E-state index in [9.17, 15) is 0 Å². The zero-order valence-electron chi connectivity index (χ0n) is 7.01. The van der Waals surface area contributed by atoms with Crippen molar-refractivity contribution in [3.05, 3.63) is 10.6 Å². The van der Waals surface area contributed by atoms with Gasteiger partial charge < -0.3 is 0 Å². The van der Waals surface area contributed by atoms with Gasteiger partial charge in [-0.3, -0.25) is 0 Å². The van der Waals surface area contributed by atoms with Gasteiger partial charge in [0.2, 0.25) is 0 Å². The van der Waals surface area contributed by atoms with Crippen LogP contribution >= 0.6 is 23.1 Å². The topological polar surface area (TPSA) is 25.8 Å². The highest BCUT2D eigenvalue weighted by atomic mass is 35.5. The fourth-order valence-corrected chi connectivity index (χ4v) is 2.46. The van der Waals surface area contributed by atoms with Gasteiger partial charge in [-0.2, -0.15) is 0 Å². The number of rotatable bonds is 3. The van der Waals surface area contributed by atoms with Crippen molar-refractivity contribution >= 4 is 23.1 Å². The molecule has 0 bridgehead atoms. The van der Waals surface area contributed by atoms with E-state index in [2.05, 4.69) is 9.59 Å². The number of nitrogens with zero attached hydrogens (tertiary/aromatic N) is 2. The number of aromatic nitrogens is 2. The third-order valence-electron chi connectivity index (χ3n) is 2.52. The molecule has 0 aromatic carbocycles. The lowest BCUT2D eigenvalue weighted by molar-refractivity contribution is 0.581. The van der Waals surface area contributed by atoms with Gasteiger partial charge in [-0.25, -0.2) is 0 Å². The molecule has 0 aliphatic heterocycles. The molecule has 1 aromatic rings. The van der Waals surface area contributed by atoms with Crippen molar-refractivity contribution in [3.63, 3.8) is 0 Å². The molecule has 1 aliphatic carbocycles. The molecule has 2 rings (SSSR count). The zero-order valence-corrected chi connectivity index (χ0v) is 8.58. The molecule has 0 N–H and O–H groups in total. The van der Waals surface area contributed by atoms with E-state index >= 15 is 0 Å².